The first-order chi connectivity index (χ1) is 25.3. The molecule has 294 valence electrons. The third kappa shape index (κ3) is 26.8. The number of imidazole rings is 1. The summed E-state index contributed by atoms with van der Waals surface area (Å²) >= 11 is 0. The zero-order chi connectivity index (χ0) is 36.1. The van der Waals surface area contributed by atoms with E-state index in [2.05, 4.69) is 66.3 Å². The van der Waals surface area contributed by atoms with E-state index >= 15 is 0 Å². The topological polar surface area (TPSA) is 17.8 Å². The molecule has 0 aliphatic carbocycles. The highest BCUT2D eigenvalue weighted by Crippen LogP contribution is 2.32. The van der Waals surface area contributed by atoms with Gasteiger partial charge in [-0.3, -0.25) is 0 Å². The van der Waals surface area contributed by atoms with Gasteiger partial charge in [0.15, 0.2) is 0 Å². The van der Waals surface area contributed by atoms with Crippen molar-refractivity contribution in [2.24, 2.45) is 5.92 Å². The highest BCUT2D eigenvalue weighted by Gasteiger charge is 2.23. The number of rotatable bonds is 39. The molecule has 0 N–H and O–H groups in total. The van der Waals surface area contributed by atoms with E-state index in [1.54, 1.807) is 0 Å². The molecule has 2 heteroatoms. The zero-order valence-corrected chi connectivity index (χ0v) is 34.6. The van der Waals surface area contributed by atoms with Gasteiger partial charge in [0.2, 0.25) is 0 Å². The molecule has 51 heavy (non-hydrogen) atoms. The number of nitrogens with zero attached hydrogens (tertiary/aromatic N) is 2. The van der Waals surface area contributed by atoms with E-state index in [0.717, 1.165) is 0 Å². The van der Waals surface area contributed by atoms with Gasteiger partial charge >= 0.3 is 0 Å². The van der Waals surface area contributed by atoms with E-state index in [0.29, 0.717) is 12.0 Å². The summed E-state index contributed by atoms with van der Waals surface area (Å²) in [5.74, 6) is 0.689. The Hall–Kier alpha value is -1.57. The van der Waals surface area contributed by atoms with Gasteiger partial charge in [0, 0.05) is 18.4 Å². The molecule has 0 bridgehead atoms. The first-order valence-corrected chi connectivity index (χ1v) is 23.4. The van der Waals surface area contributed by atoms with Crippen molar-refractivity contribution in [2.75, 3.05) is 0 Å². The summed E-state index contributed by atoms with van der Waals surface area (Å²) < 4.78 is 2.46. The van der Waals surface area contributed by atoms with Crippen LogP contribution in [0.2, 0.25) is 0 Å². The fourth-order valence-electron chi connectivity index (χ4n) is 8.47. The van der Waals surface area contributed by atoms with Gasteiger partial charge in [-0.15, -0.1) is 0 Å². The van der Waals surface area contributed by atoms with Crippen LogP contribution in [0.25, 0.3) is 0 Å². The smallest absolute Gasteiger partial charge is 0.0948 e. The third-order valence-corrected chi connectivity index (χ3v) is 11.8. The highest BCUT2D eigenvalue weighted by atomic mass is 15.1. The lowest BCUT2D eigenvalue weighted by molar-refractivity contribution is 0.275. The van der Waals surface area contributed by atoms with Crippen LogP contribution in [0.4, 0.5) is 0 Å². The SMILES string of the molecule is CCCCCCCCCCCCCCCCCCCC(C(CCCCCCCCCCCCCCCCCC)Cc1ccccc1)n1ccnc1. The molecule has 0 amide bonds. The number of hydrogen-bond acceptors (Lipinski definition) is 1. The molecule has 2 unspecified atom stereocenters. The van der Waals surface area contributed by atoms with Gasteiger partial charge in [-0.1, -0.05) is 256 Å². The zero-order valence-electron chi connectivity index (χ0n) is 34.6. The number of aromatic nitrogens is 2. The molecular formula is C49H88N2. The second kappa shape index (κ2) is 35.5. The van der Waals surface area contributed by atoms with Crippen molar-refractivity contribution in [3.63, 3.8) is 0 Å². The second-order valence-electron chi connectivity index (χ2n) is 16.6. The molecule has 2 rings (SSSR count). The molecular weight excluding hydrogens is 617 g/mol. The molecule has 0 aliphatic heterocycles. The Morgan fingerprint density at radius 1 is 0.431 bits per heavy atom. The van der Waals surface area contributed by atoms with Gasteiger partial charge in [0.1, 0.15) is 0 Å². The molecule has 0 aliphatic rings. The third-order valence-electron chi connectivity index (χ3n) is 11.8. The van der Waals surface area contributed by atoms with Crippen molar-refractivity contribution < 1.29 is 0 Å². The van der Waals surface area contributed by atoms with Gasteiger partial charge in [-0.2, -0.15) is 0 Å². The first-order valence-electron chi connectivity index (χ1n) is 23.4. The minimum absolute atomic E-state index is 0.570. The number of hydrogen-bond donors (Lipinski definition) is 0. The number of unbranched alkanes of at least 4 members (excludes halogenated alkanes) is 31. The van der Waals surface area contributed by atoms with E-state index in [4.69, 9.17) is 0 Å². The summed E-state index contributed by atoms with van der Waals surface area (Å²) in [5.41, 5.74) is 1.51. The minimum Gasteiger partial charge on any atom is -0.334 e. The lowest BCUT2D eigenvalue weighted by atomic mass is 9.84. The molecule has 0 saturated heterocycles. The molecule has 0 saturated carbocycles. The van der Waals surface area contributed by atoms with Crippen molar-refractivity contribution in [3.05, 3.63) is 54.6 Å². The summed E-state index contributed by atoms with van der Waals surface area (Å²) in [4.78, 5) is 4.50. The van der Waals surface area contributed by atoms with E-state index in [9.17, 15) is 0 Å². The van der Waals surface area contributed by atoms with Crippen molar-refractivity contribution in [1.29, 1.82) is 0 Å². The van der Waals surface area contributed by atoms with Crippen LogP contribution in [0.3, 0.4) is 0 Å². The summed E-state index contributed by atoms with van der Waals surface area (Å²) in [7, 11) is 0. The molecule has 1 heterocycles. The van der Waals surface area contributed by atoms with E-state index < -0.39 is 0 Å². The molecule has 0 spiro atoms. The van der Waals surface area contributed by atoms with Crippen molar-refractivity contribution in [2.45, 2.75) is 251 Å². The van der Waals surface area contributed by atoms with Crippen LogP contribution in [0, 0.1) is 5.92 Å². The lowest BCUT2D eigenvalue weighted by Gasteiger charge is -2.29. The largest absolute Gasteiger partial charge is 0.334 e. The Morgan fingerprint density at radius 2 is 0.784 bits per heavy atom. The summed E-state index contributed by atoms with van der Waals surface area (Å²) in [6.07, 6.45) is 57.7. The maximum absolute atomic E-state index is 4.50. The minimum atomic E-state index is 0.570. The molecule has 2 nitrogen and oxygen atoms in total. The van der Waals surface area contributed by atoms with E-state index in [1.165, 1.54) is 237 Å². The van der Waals surface area contributed by atoms with Crippen LogP contribution in [0.5, 0.6) is 0 Å². The van der Waals surface area contributed by atoms with Crippen LogP contribution in [0.1, 0.15) is 250 Å². The van der Waals surface area contributed by atoms with Crippen LogP contribution in [0.15, 0.2) is 49.1 Å². The molecule has 0 fully saturated rings. The summed E-state index contributed by atoms with van der Waals surface area (Å²) in [6, 6.07) is 11.9. The van der Waals surface area contributed by atoms with Crippen LogP contribution < -0.4 is 0 Å². The number of benzene rings is 1. The maximum Gasteiger partial charge on any atom is 0.0948 e. The summed E-state index contributed by atoms with van der Waals surface area (Å²) in [6.45, 7) is 4.62. The standard InChI is InChI=1S/C49H88N2/c1-3-5-7-9-11-13-15-17-19-21-23-25-27-29-31-33-38-42-49(51-44-43-50-46-51)48(45-47-39-35-34-36-40-47)41-37-32-30-28-26-24-22-20-18-16-14-12-10-8-6-4-2/h34-36,39-40,43-44,46,48-49H,3-33,37-38,41-42,45H2,1-2H3. The normalized spacial score (nSPS) is 12.8. The first kappa shape index (κ1) is 45.6. The molecule has 2 atom stereocenters. The predicted molar refractivity (Wildman–Crippen MR) is 228 cm³/mol. The quantitative estimate of drug-likeness (QED) is 0.0634. The van der Waals surface area contributed by atoms with Crippen LogP contribution >= 0.6 is 0 Å². The van der Waals surface area contributed by atoms with Gasteiger partial charge in [0.25, 0.3) is 0 Å². The van der Waals surface area contributed by atoms with Crippen molar-refractivity contribution in [3.8, 4) is 0 Å². The summed E-state index contributed by atoms with van der Waals surface area (Å²) in [5, 5.41) is 0. The lowest BCUT2D eigenvalue weighted by Crippen LogP contribution is -2.21. The molecule has 1 aromatic heterocycles. The van der Waals surface area contributed by atoms with Crippen molar-refractivity contribution in [1.82, 2.24) is 9.55 Å². The Balaban J connectivity index is 1.59. The van der Waals surface area contributed by atoms with Gasteiger partial charge < -0.3 is 4.57 Å². The molecule has 2 aromatic rings. The predicted octanol–water partition coefficient (Wildman–Crippen LogP) is 17.0. The average molecular weight is 705 g/mol. The maximum atomic E-state index is 4.50. The van der Waals surface area contributed by atoms with E-state index in [-0.39, 0.29) is 0 Å². The molecule has 1 aromatic carbocycles. The Bertz CT molecular complexity index is 921. The Kier molecular flexibility index (Phi) is 31.7. The van der Waals surface area contributed by atoms with Crippen molar-refractivity contribution >= 4 is 0 Å². The van der Waals surface area contributed by atoms with Gasteiger partial charge in [0.05, 0.1) is 6.33 Å². The Labute approximate surface area is 320 Å². The van der Waals surface area contributed by atoms with E-state index in [1.807, 2.05) is 6.20 Å². The van der Waals surface area contributed by atoms with Gasteiger partial charge in [-0.05, 0) is 30.7 Å². The fourth-order valence-corrected chi connectivity index (χ4v) is 8.47. The van der Waals surface area contributed by atoms with Gasteiger partial charge in [-0.25, -0.2) is 4.98 Å². The second-order valence-corrected chi connectivity index (χ2v) is 16.6. The fraction of sp³-hybridized carbons (Fsp3) is 0.816. The Morgan fingerprint density at radius 3 is 1.14 bits per heavy atom. The van der Waals surface area contributed by atoms with Crippen LogP contribution in [-0.4, -0.2) is 9.55 Å². The van der Waals surface area contributed by atoms with Crippen LogP contribution in [-0.2, 0) is 6.42 Å². The highest BCUT2D eigenvalue weighted by molar-refractivity contribution is 5.15. The molecule has 0 radical (unpaired) electrons. The average Bonchev–Trinajstić information content (AvgIpc) is 3.69. The monoisotopic (exact) mass is 705 g/mol.